The molecule has 0 amide bonds. The molecule has 0 saturated heterocycles. The quantitative estimate of drug-likeness (QED) is 0.222. The molecule has 4 rings (SSSR count). The molecule has 0 heterocycles. The Morgan fingerprint density at radius 3 is 2.26 bits per heavy atom. The van der Waals surface area contributed by atoms with Crippen molar-refractivity contribution in [2.24, 2.45) is 17.8 Å². The van der Waals surface area contributed by atoms with E-state index in [9.17, 15) is 0 Å². The summed E-state index contributed by atoms with van der Waals surface area (Å²) in [5.74, 6) is 1.92. The Hall–Kier alpha value is -1.96. The first-order valence-electron chi connectivity index (χ1n) is 14.3. The number of rotatable bonds is 11. The van der Waals surface area contributed by atoms with Crippen molar-refractivity contribution in [1.29, 1.82) is 0 Å². The molecule has 0 aromatic heterocycles. The lowest BCUT2D eigenvalue weighted by Gasteiger charge is -2.42. The summed E-state index contributed by atoms with van der Waals surface area (Å²) in [6, 6.07) is 10.9. The molecule has 1 unspecified atom stereocenters. The van der Waals surface area contributed by atoms with Gasteiger partial charge in [0.2, 0.25) is 0 Å². The second kappa shape index (κ2) is 12.8. The first kappa shape index (κ1) is 26.1. The van der Waals surface area contributed by atoms with Crippen molar-refractivity contribution in [3.05, 3.63) is 71.8 Å². The van der Waals surface area contributed by atoms with Crippen LogP contribution < -0.4 is 0 Å². The van der Waals surface area contributed by atoms with E-state index < -0.39 is 11.6 Å². The van der Waals surface area contributed by atoms with Crippen LogP contribution in [0, 0.1) is 29.4 Å². The largest absolute Gasteiger partial charge is 0.206 e. The second-order valence-electron chi connectivity index (χ2n) is 11.3. The molecule has 2 aromatic rings. The van der Waals surface area contributed by atoms with E-state index in [4.69, 9.17) is 0 Å². The van der Waals surface area contributed by atoms with Crippen LogP contribution in [0.15, 0.2) is 49.1 Å². The third kappa shape index (κ3) is 6.83. The van der Waals surface area contributed by atoms with Crippen molar-refractivity contribution < 1.29 is 8.78 Å². The molecule has 2 aromatic carbocycles. The highest BCUT2D eigenvalue weighted by molar-refractivity contribution is 5.65. The van der Waals surface area contributed by atoms with Crippen molar-refractivity contribution in [2.75, 3.05) is 0 Å². The van der Waals surface area contributed by atoms with Crippen LogP contribution >= 0.6 is 0 Å². The van der Waals surface area contributed by atoms with Gasteiger partial charge in [-0.2, -0.15) is 0 Å². The van der Waals surface area contributed by atoms with Crippen molar-refractivity contribution in [3.8, 4) is 11.1 Å². The summed E-state index contributed by atoms with van der Waals surface area (Å²) < 4.78 is 30.4. The summed E-state index contributed by atoms with van der Waals surface area (Å²) in [7, 11) is 0. The molecule has 2 heteroatoms. The molecule has 0 radical (unpaired) electrons. The van der Waals surface area contributed by atoms with Crippen LogP contribution in [-0.2, 0) is 6.42 Å². The number of hydrogen-bond donors (Lipinski definition) is 0. The van der Waals surface area contributed by atoms with E-state index in [1.54, 1.807) is 12.1 Å². The van der Waals surface area contributed by atoms with E-state index in [1.807, 2.05) is 30.3 Å². The Morgan fingerprint density at radius 1 is 0.857 bits per heavy atom. The Balaban J connectivity index is 1.35. The Labute approximate surface area is 212 Å². The van der Waals surface area contributed by atoms with Gasteiger partial charge < -0.3 is 0 Å². The van der Waals surface area contributed by atoms with Crippen molar-refractivity contribution in [1.82, 2.24) is 0 Å². The normalized spacial score (nSPS) is 24.2. The zero-order valence-corrected chi connectivity index (χ0v) is 21.7. The average molecular weight is 479 g/mol. The lowest BCUT2D eigenvalue weighted by molar-refractivity contribution is 0.113. The van der Waals surface area contributed by atoms with Crippen LogP contribution in [0.3, 0.4) is 0 Å². The van der Waals surface area contributed by atoms with Crippen molar-refractivity contribution >= 4 is 0 Å². The van der Waals surface area contributed by atoms with Gasteiger partial charge in [0.05, 0.1) is 5.56 Å². The standard InChI is InChI=1S/C33H44F2/c1-3-5-7-8-9-11-25-14-17-28-21-29(19-18-27(28)20-25)30-22-31(34)33(32(35)23-30)26-15-12-24(13-16-26)10-6-4-2/h4,12-13,15-16,22-23,25,27-29H,2-3,5-11,14,17-21H2,1H3/t25?,27-,28-,29-/m1/s1. The first-order valence-corrected chi connectivity index (χ1v) is 14.3. The fourth-order valence-electron chi connectivity index (χ4n) is 6.80. The Kier molecular flexibility index (Phi) is 9.58. The zero-order valence-electron chi connectivity index (χ0n) is 21.7. The van der Waals surface area contributed by atoms with Crippen molar-refractivity contribution in [2.45, 2.75) is 103 Å². The van der Waals surface area contributed by atoms with Crippen LogP contribution in [0.1, 0.15) is 107 Å². The highest BCUT2D eigenvalue weighted by atomic mass is 19.1. The molecule has 4 atom stereocenters. The van der Waals surface area contributed by atoms with E-state index in [1.165, 1.54) is 64.2 Å². The number of fused-ring (bicyclic) bond motifs is 1. The van der Waals surface area contributed by atoms with E-state index in [0.29, 0.717) is 11.5 Å². The zero-order chi connectivity index (χ0) is 24.6. The number of hydrogen-bond acceptors (Lipinski definition) is 0. The summed E-state index contributed by atoms with van der Waals surface area (Å²) >= 11 is 0. The van der Waals surface area contributed by atoms with Gasteiger partial charge >= 0.3 is 0 Å². The van der Waals surface area contributed by atoms with Crippen LogP contribution in [0.4, 0.5) is 8.78 Å². The molecule has 0 bridgehead atoms. The third-order valence-electron chi connectivity index (χ3n) is 8.85. The molecule has 190 valence electrons. The number of allylic oxidation sites excluding steroid dienone is 1. The van der Waals surface area contributed by atoms with Gasteiger partial charge in [0.15, 0.2) is 0 Å². The molecule has 2 fully saturated rings. The Morgan fingerprint density at radius 2 is 1.54 bits per heavy atom. The average Bonchev–Trinajstić information content (AvgIpc) is 2.87. The van der Waals surface area contributed by atoms with Gasteiger partial charge in [-0.05, 0) is 97.4 Å². The molecule has 2 aliphatic carbocycles. The predicted octanol–water partition coefficient (Wildman–Crippen LogP) is 10.4. The van der Waals surface area contributed by atoms with Gasteiger partial charge in [-0.25, -0.2) is 8.78 Å². The van der Waals surface area contributed by atoms with Gasteiger partial charge in [0.25, 0.3) is 0 Å². The lowest BCUT2D eigenvalue weighted by Crippen LogP contribution is -2.30. The predicted molar refractivity (Wildman–Crippen MR) is 145 cm³/mol. The number of aryl methyl sites for hydroxylation is 1. The summed E-state index contributed by atoms with van der Waals surface area (Å²) in [5, 5.41) is 0. The maximum Gasteiger partial charge on any atom is 0.134 e. The van der Waals surface area contributed by atoms with Crippen LogP contribution in [0.5, 0.6) is 0 Å². The molecular weight excluding hydrogens is 434 g/mol. The minimum atomic E-state index is -0.423. The molecule has 35 heavy (non-hydrogen) atoms. The number of benzene rings is 2. The molecular formula is C33H44F2. The van der Waals surface area contributed by atoms with Gasteiger partial charge in [0.1, 0.15) is 11.6 Å². The monoisotopic (exact) mass is 478 g/mol. The summed E-state index contributed by atoms with van der Waals surface area (Å²) in [4.78, 5) is 0. The van der Waals surface area contributed by atoms with Crippen LogP contribution in [0.2, 0.25) is 0 Å². The molecule has 0 spiro atoms. The number of unbranched alkanes of at least 4 members (excludes halogenated alkanes) is 4. The fraction of sp³-hybridized carbons (Fsp3) is 0.576. The lowest BCUT2D eigenvalue weighted by atomic mass is 9.63. The van der Waals surface area contributed by atoms with Gasteiger partial charge in [-0.15, -0.1) is 6.58 Å². The summed E-state index contributed by atoms with van der Waals surface area (Å²) in [5.41, 5.74) is 2.75. The first-order chi connectivity index (χ1) is 17.1. The van der Waals surface area contributed by atoms with Crippen molar-refractivity contribution in [3.63, 3.8) is 0 Å². The maximum atomic E-state index is 15.2. The van der Waals surface area contributed by atoms with Crippen LogP contribution in [0.25, 0.3) is 11.1 Å². The SMILES string of the molecule is C=CCCc1ccc(-c2c(F)cc([C@@H]3CC[C@@H]4CC(CCCCCCC)CC[C@@H]4C3)cc2F)cc1. The fourth-order valence-corrected chi connectivity index (χ4v) is 6.80. The summed E-state index contributed by atoms with van der Waals surface area (Å²) in [6.07, 6.45) is 19.4. The second-order valence-corrected chi connectivity index (χ2v) is 11.3. The topological polar surface area (TPSA) is 0 Å². The Bertz CT molecular complexity index is 921. The summed E-state index contributed by atoms with van der Waals surface area (Å²) in [6.45, 7) is 6.03. The molecule has 0 aliphatic heterocycles. The van der Waals surface area contributed by atoms with Gasteiger partial charge in [-0.3, -0.25) is 0 Å². The van der Waals surface area contributed by atoms with Crippen LogP contribution in [-0.4, -0.2) is 0 Å². The minimum Gasteiger partial charge on any atom is -0.206 e. The molecule has 2 aliphatic rings. The van der Waals surface area contributed by atoms with E-state index in [0.717, 1.165) is 54.6 Å². The maximum absolute atomic E-state index is 15.2. The van der Waals surface area contributed by atoms with E-state index in [-0.39, 0.29) is 5.56 Å². The minimum absolute atomic E-state index is 0.108. The van der Waals surface area contributed by atoms with E-state index >= 15 is 8.78 Å². The highest BCUT2D eigenvalue weighted by Crippen LogP contribution is 2.49. The third-order valence-corrected chi connectivity index (χ3v) is 8.85. The molecule has 0 nitrogen and oxygen atoms in total. The van der Waals surface area contributed by atoms with Gasteiger partial charge in [-0.1, -0.05) is 82.2 Å². The number of halogens is 2. The van der Waals surface area contributed by atoms with Gasteiger partial charge in [0, 0.05) is 0 Å². The van der Waals surface area contributed by atoms with E-state index in [2.05, 4.69) is 13.5 Å². The molecule has 0 N–H and O–H groups in total. The molecule has 2 saturated carbocycles. The smallest absolute Gasteiger partial charge is 0.134 e. The highest BCUT2D eigenvalue weighted by Gasteiger charge is 2.36.